The highest BCUT2D eigenvalue weighted by molar-refractivity contribution is 5.94. The zero-order valence-corrected chi connectivity index (χ0v) is 15.6. The predicted molar refractivity (Wildman–Crippen MR) is 107 cm³/mol. The van der Waals surface area contributed by atoms with Crippen molar-refractivity contribution in [2.24, 2.45) is 0 Å². The fraction of sp³-hybridized carbons (Fsp3) is 0.273. The number of amides is 1. The van der Waals surface area contributed by atoms with Crippen LogP contribution in [0, 0.1) is 6.92 Å². The molecule has 0 bridgehead atoms. The Hall–Kier alpha value is -2.92. The number of nitrogens with one attached hydrogen (secondary N) is 2. The van der Waals surface area contributed by atoms with Gasteiger partial charge in [-0.3, -0.25) is 10.1 Å². The fourth-order valence-corrected chi connectivity index (χ4v) is 3.40. The Morgan fingerprint density at radius 1 is 1.19 bits per heavy atom. The molecule has 0 fully saturated rings. The number of fused-ring (bicyclic) bond motifs is 1. The number of carbonyl (C=O) groups is 1. The van der Waals surface area contributed by atoms with Gasteiger partial charge in [-0.2, -0.15) is 5.10 Å². The molecule has 2 atom stereocenters. The van der Waals surface area contributed by atoms with E-state index >= 15 is 0 Å². The molecular formula is C22H24N4O. The summed E-state index contributed by atoms with van der Waals surface area (Å²) >= 11 is 0. The lowest BCUT2D eigenvalue weighted by Gasteiger charge is -2.27. The molecule has 27 heavy (non-hydrogen) atoms. The first kappa shape index (κ1) is 17.5. The van der Waals surface area contributed by atoms with Gasteiger partial charge in [-0.15, -0.1) is 0 Å². The molecular weight excluding hydrogens is 336 g/mol. The first-order chi connectivity index (χ1) is 13.1. The van der Waals surface area contributed by atoms with E-state index in [1.165, 1.54) is 11.1 Å². The third-order valence-corrected chi connectivity index (χ3v) is 5.10. The molecule has 1 aliphatic heterocycles. The smallest absolute Gasteiger partial charge is 0.269 e. The van der Waals surface area contributed by atoms with Crippen LogP contribution in [0.3, 0.4) is 0 Å². The highest BCUT2D eigenvalue weighted by Gasteiger charge is 2.27. The van der Waals surface area contributed by atoms with Crippen LogP contribution in [0.5, 0.6) is 0 Å². The van der Waals surface area contributed by atoms with Crippen LogP contribution in [0.15, 0.2) is 60.7 Å². The van der Waals surface area contributed by atoms with Gasteiger partial charge >= 0.3 is 0 Å². The highest BCUT2D eigenvalue weighted by atomic mass is 16.2. The Kier molecular flexibility index (Phi) is 4.77. The minimum absolute atomic E-state index is 0.0527. The molecule has 0 saturated carbocycles. The molecule has 2 aromatic carbocycles. The van der Waals surface area contributed by atoms with E-state index < -0.39 is 0 Å². The molecule has 1 aromatic heterocycles. The van der Waals surface area contributed by atoms with E-state index in [1.54, 1.807) is 0 Å². The fourth-order valence-electron chi connectivity index (χ4n) is 3.40. The number of rotatable bonds is 5. The van der Waals surface area contributed by atoms with Crippen molar-refractivity contribution in [1.82, 2.24) is 20.4 Å². The molecule has 1 amide bonds. The van der Waals surface area contributed by atoms with E-state index in [0.29, 0.717) is 18.2 Å². The lowest BCUT2D eigenvalue weighted by Crippen LogP contribution is -2.46. The van der Waals surface area contributed by atoms with Gasteiger partial charge in [0.05, 0.1) is 12.2 Å². The Labute approximate surface area is 159 Å². The predicted octanol–water partition coefficient (Wildman–Crippen LogP) is 3.49. The summed E-state index contributed by atoms with van der Waals surface area (Å²) in [5.41, 5.74) is 4.94. The number of aromatic nitrogens is 2. The van der Waals surface area contributed by atoms with E-state index in [1.807, 2.05) is 28.9 Å². The van der Waals surface area contributed by atoms with Gasteiger partial charge in [0.1, 0.15) is 11.9 Å². The first-order valence-electron chi connectivity index (χ1n) is 9.35. The summed E-state index contributed by atoms with van der Waals surface area (Å²) in [6.07, 6.45) is -0.0527. The van der Waals surface area contributed by atoms with Gasteiger partial charge in [-0.05, 0) is 24.5 Å². The molecule has 4 rings (SSSR count). The monoisotopic (exact) mass is 360 g/mol. The van der Waals surface area contributed by atoms with Crippen LogP contribution in [0.25, 0.3) is 11.3 Å². The highest BCUT2D eigenvalue weighted by Crippen LogP contribution is 2.23. The first-order valence-corrected chi connectivity index (χ1v) is 9.35. The average molecular weight is 360 g/mol. The van der Waals surface area contributed by atoms with Crippen LogP contribution in [0.2, 0.25) is 0 Å². The van der Waals surface area contributed by atoms with Gasteiger partial charge in [-0.1, -0.05) is 67.1 Å². The molecule has 138 valence electrons. The second-order valence-electron chi connectivity index (χ2n) is 7.17. The van der Waals surface area contributed by atoms with E-state index in [4.69, 9.17) is 5.10 Å². The van der Waals surface area contributed by atoms with Gasteiger partial charge in [0.15, 0.2) is 0 Å². The number of aryl methyl sites for hydroxylation is 1. The molecule has 3 aromatic rings. The lowest BCUT2D eigenvalue weighted by atomic mass is 10.0. The summed E-state index contributed by atoms with van der Waals surface area (Å²) in [4.78, 5) is 12.3. The number of carbonyl (C=O) groups excluding carboxylic acids is 1. The zero-order valence-electron chi connectivity index (χ0n) is 15.6. The second kappa shape index (κ2) is 7.37. The Bertz CT molecular complexity index is 931. The van der Waals surface area contributed by atoms with Crippen LogP contribution in [0.1, 0.15) is 40.6 Å². The van der Waals surface area contributed by atoms with Gasteiger partial charge in [-0.25, -0.2) is 4.68 Å². The molecule has 2 N–H and O–H groups in total. The lowest BCUT2D eigenvalue weighted by molar-refractivity contribution is 0.0900. The molecule has 0 aliphatic carbocycles. The molecule has 2 unspecified atom stereocenters. The average Bonchev–Trinajstić information content (AvgIpc) is 3.15. The molecule has 0 spiro atoms. The minimum Gasteiger partial charge on any atom is -0.347 e. The topological polar surface area (TPSA) is 59.0 Å². The largest absolute Gasteiger partial charge is 0.347 e. The molecule has 5 nitrogen and oxygen atoms in total. The summed E-state index contributed by atoms with van der Waals surface area (Å²) in [5, 5.41) is 11.2. The Morgan fingerprint density at radius 3 is 2.67 bits per heavy atom. The van der Waals surface area contributed by atoms with Crippen molar-refractivity contribution < 1.29 is 4.79 Å². The van der Waals surface area contributed by atoms with Gasteiger partial charge in [0.25, 0.3) is 5.91 Å². The third kappa shape index (κ3) is 3.64. The van der Waals surface area contributed by atoms with Crippen molar-refractivity contribution in [1.29, 1.82) is 0 Å². The number of hydrogen-bond acceptors (Lipinski definition) is 3. The van der Waals surface area contributed by atoms with Gasteiger partial charge in [0.2, 0.25) is 0 Å². The summed E-state index contributed by atoms with van der Waals surface area (Å²) in [5.74, 6) is 0.300. The van der Waals surface area contributed by atoms with E-state index in [-0.39, 0.29) is 12.1 Å². The quantitative estimate of drug-likeness (QED) is 0.732. The SMILES string of the molecule is Cc1ccc(-c2cc3n(n2)C(NCC(C)c2ccccc2)CNC3=O)cc1. The van der Waals surface area contributed by atoms with Crippen molar-refractivity contribution in [3.05, 3.63) is 77.5 Å². The van der Waals surface area contributed by atoms with Crippen LogP contribution in [0.4, 0.5) is 0 Å². The number of benzene rings is 2. The zero-order chi connectivity index (χ0) is 18.8. The molecule has 2 heterocycles. The molecule has 1 aliphatic rings. The number of nitrogens with zero attached hydrogens (tertiary/aromatic N) is 2. The van der Waals surface area contributed by atoms with Crippen molar-refractivity contribution >= 4 is 5.91 Å². The Balaban J connectivity index is 1.54. The summed E-state index contributed by atoms with van der Waals surface area (Å²) in [6, 6.07) is 20.5. The van der Waals surface area contributed by atoms with Crippen LogP contribution in [-0.2, 0) is 0 Å². The maximum Gasteiger partial charge on any atom is 0.269 e. The standard InChI is InChI=1S/C22H24N4O/c1-15-8-10-18(11-9-15)19-12-20-22(27)24-14-21(26(20)25-19)23-13-16(2)17-6-4-3-5-7-17/h3-12,16,21,23H,13-14H2,1-2H3,(H,24,27). The van der Waals surface area contributed by atoms with Crippen molar-refractivity contribution in [3.63, 3.8) is 0 Å². The number of hydrogen-bond donors (Lipinski definition) is 2. The van der Waals surface area contributed by atoms with Crippen molar-refractivity contribution in [3.8, 4) is 11.3 Å². The normalized spacial score (nSPS) is 17.3. The van der Waals surface area contributed by atoms with E-state index in [0.717, 1.165) is 17.8 Å². The summed E-state index contributed by atoms with van der Waals surface area (Å²) in [6.45, 7) is 5.60. The van der Waals surface area contributed by atoms with Gasteiger partial charge < -0.3 is 5.32 Å². The third-order valence-electron chi connectivity index (χ3n) is 5.10. The summed E-state index contributed by atoms with van der Waals surface area (Å²) in [7, 11) is 0. The molecule has 0 saturated heterocycles. The van der Waals surface area contributed by atoms with Crippen LogP contribution < -0.4 is 10.6 Å². The summed E-state index contributed by atoms with van der Waals surface area (Å²) < 4.78 is 1.83. The van der Waals surface area contributed by atoms with Crippen LogP contribution in [-0.4, -0.2) is 28.8 Å². The molecule has 5 heteroatoms. The van der Waals surface area contributed by atoms with Crippen molar-refractivity contribution in [2.45, 2.75) is 25.9 Å². The Morgan fingerprint density at radius 2 is 1.93 bits per heavy atom. The maximum atomic E-state index is 12.3. The van der Waals surface area contributed by atoms with E-state index in [9.17, 15) is 4.79 Å². The van der Waals surface area contributed by atoms with E-state index in [2.05, 4.69) is 60.9 Å². The molecule has 0 radical (unpaired) electrons. The second-order valence-corrected chi connectivity index (χ2v) is 7.17. The van der Waals surface area contributed by atoms with Gasteiger partial charge in [0, 0.05) is 12.1 Å². The van der Waals surface area contributed by atoms with Crippen LogP contribution >= 0.6 is 0 Å². The maximum absolute atomic E-state index is 12.3. The minimum atomic E-state index is -0.0741. The van der Waals surface area contributed by atoms with Crippen molar-refractivity contribution in [2.75, 3.05) is 13.1 Å².